The van der Waals surface area contributed by atoms with E-state index < -0.39 is 0 Å². The SMILES string of the molecule is CC[C@@H](C)N=O. The van der Waals surface area contributed by atoms with Gasteiger partial charge in [0.25, 0.3) is 0 Å². The standard InChI is InChI=1S/C4H9NO/c1-3-4(2)5-6/h4H,3H2,1-2H3/t4-/m1/s1. The fraction of sp³-hybridized carbons (Fsp3) is 1.00. The topological polar surface area (TPSA) is 29.4 Å². The van der Waals surface area contributed by atoms with Gasteiger partial charge in [0.05, 0.1) is 6.04 Å². The minimum atomic E-state index is 0.00463. The largest absolute Gasteiger partial charge is 0.151 e. The zero-order valence-corrected chi connectivity index (χ0v) is 4.14. The summed E-state index contributed by atoms with van der Waals surface area (Å²) in [6, 6.07) is 0.00463. The van der Waals surface area contributed by atoms with Crippen molar-refractivity contribution in [1.29, 1.82) is 0 Å². The zero-order valence-electron chi connectivity index (χ0n) is 4.14. The van der Waals surface area contributed by atoms with Crippen LogP contribution in [0.5, 0.6) is 0 Å². The molecule has 0 saturated heterocycles. The summed E-state index contributed by atoms with van der Waals surface area (Å²) in [5.74, 6) is 0. The summed E-state index contributed by atoms with van der Waals surface area (Å²) >= 11 is 0. The third-order valence-electron chi connectivity index (χ3n) is 0.771. The van der Waals surface area contributed by atoms with Crippen LogP contribution < -0.4 is 0 Å². The first-order valence-corrected chi connectivity index (χ1v) is 2.13. The Morgan fingerprint density at radius 3 is 2.33 bits per heavy atom. The number of nitrogens with zero attached hydrogens (tertiary/aromatic N) is 1. The van der Waals surface area contributed by atoms with Gasteiger partial charge in [0.15, 0.2) is 0 Å². The van der Waals surface area contributed by atoms with E-state index in [4.69, 9.17) is 0 Å². The van der Waals surface area contributed by atoms with Crippen molar-refractivity contribution in [3.63, 3.8) is 0 Å². The van der Waals surface area contributed by atoms with Gasteiger partial charge in [0.1, 0.15) is 0 Å². The molecule has 0 unspecified atom stereocenters. The lowest BCUT2D eigenvalue weighted by atomic mass is 10.3. The lowest BCUT2D eigenvalue weighted by Crippen LogP contribution is -1.89. The molecule has 0 radical (unpaired) electrons. The van der Waals surface area contributed by atoms with Crippen LogP contribution in [0.3, 0.4) is 0 Å². The van der Waals surface area contributed by atoms with E-state index in [1.165, 1.54) is 0 Å². The summed E-state index contributed by atoms with van der Waals surface area (Å²) < 4.78 is 0. The highest BCUT2D eigenvalue weighted by Gasteiger charge is 1.90. The Morgan fingerprint density at radius 1 is 1.83 bits per heavy atom. The Bertz CT molecular complexity index is 44.8. The van der Waals surface area contributed by atoms with Gasteiger partial charge in [-0.3, -0.25) is 0 Å². The van der Waals surface area contributed by atoms with Crippen molar-refractivity contribution in [1.82, 2.24) is 0 Å². The molecule has 0 aliphatic heterocycles. The highest BCUT2D eigenvalue weighted by atomic mass is 16.3. The fourth-order valence-corrected chi connectivity index (χ4v) is 0.0745. The molecule has 0 bridgehead atoms. The normalized spacial score (nSPS) is 13.7. The highest BCUT2D eigenvalue weighted by molar-refractivity contribution is 4.51. The molecule has 0 saturated carbocycles. The van der Waals surface area contributed by atoms with Crippen molar-refractivity contribution >= 4 is 0 Å². The molecule has 2 heteroatoms. The fourth-order valence-electron chi connectivity index (χ4n) is 0.0745. The Balaban J connectivity index is 2.96. The van der Waals surface area contributed by atoms with Gasteiger partial charge in [-0.05, 0) is 13.3 Å². The number of hydrogen-bond acceptors (Lipinski definition) is 2. The van der Waals surface area contributed by atoms with E-state index in [1.807, 2.05) is 6.92 Å². The molecule has 0 aromatic rings. The van der Waals surface area contributed by atoms with Gasteiger partial charge in [-0.2, -0.15) is 4.91 Å². The molecule has 0 rings (SSSR count). The maximum Gasteiger partial charge on any atom is 0.0889 e. The van der Waals surface area contributed by atoms with Crippen LogP contribution in [0.1, 0.15) is 20.3 Å². The summed E-state index contributed by atoms with van der Waals surface area (Å²) in [6.07, 6.45) is 0.851. The third-order valence-corrected chi connectivity index (χ3v) is 0.771. The molecule has 0 fully saturated rings. The van der Waals surface area contributed by atoms with Crippen LogP contribution in [0.4, 0.5) is 0 Å². The van der Waals surface area contributed by atoms with Crippen molar-refractivity contribution in [2.24, 2.45) is 5.18 Å². The Kier molecular flexibility index (Phi) is 2.63. The van der Waals surface area contributed by atoms with E-state index in [0.717, 1.165) is 6.42 Å². The second-order valence-corrected chi connectivity index (χ2v) is 1.36. The van der Waals surface area contributed by atoms with Gasteiger partial charge in [-0.15, -0.1) is 0 Å². The molecule has 0 aliphatic carbocycles. The molecule has 6 heavy (non-hydrogen) atoms. The van der Waals surface area contributed by atoms with E-state index >= 15 is 0 Å². The van der Waals surface area contributed by atoms with Crippen LogP contribution in [-0.2, 0) is 0 Å². The Hall–Kier alpha value is -0.400. The summed E-state index contributed by atoms with van der Waals surface area (Å²) in [5, 5.41) is 2.76. The maximum atomic E-state index is 9.49. The Morgan fingerprint density at radius 2 is 2.33 bits per heavy atom. The number of hydrogen-bond donors (Lipinski definition) is 0. The third kappa shape index (κ3) is 1.88. The minimum absolute atomic E-state index is 0.00463. The van der Waals surface area contributed by atoms with Crippen molar-refractivity contribution < 1.29 is 0 Å². The van der Waals surface area contributed by atoms with Crippen LogP contribution in [0.2, 0.25) is 0 Å². The molecule has 1 atom stereocenters. The monoisotopic (exact) mass is 87.1 g/mol. The first-order valence-electron chi connectivity index (χ1n) is 2.13. The second kappa shape index (κ2) is 2.82. The van der Waals surface area contributed by atoms with Crippen LogP contribution in [-0.4, -0.2) is 6.04 Å². The van der Waals surface area contributed by atoms with E-state index in [-0.39, 0.29) is 6.04 Å². The number of rotatable bonds is 2. The van der Waals surface area contributed by atoms with Crippen LogP contribution in [0.15, 0.2) is 5.18 Å². The molecule has 0 aromatic carbocycles. The van der Waals surface area contributed by atoms with Crippen molar-refractivity contribution in [3.05, 3.63) is 4.91 Å². The van der Waals surface area contributed by atoms with E-state index in [9.17, 15) is 4.91 Å². The van der Waals surface area contributed by atoms with Gasteiger partial charge in [0.2, 0.25) is 0 Å². The summed E-state index contributed by atoms with van der Waals surface area (Å²) in [4.78, 5) is 9.49. The predicted molar refractivity (Wildman–Crippen MR) is 25.5 cm³/mol. The number of nitroso groups, excluding NO2 is 1. The molecule has 36 valence electrons. The first-order chi connectivity index (χ1) is 2.81. The van der Waals surface area contributed by atoms with Gasteiger partial charge in [-0.25, -0.2) is 0 Å². The molecule has 0 aliphatic rings. The quantitative estimate of drug-likeness (QED) is 0.470. The second-order valence-electron chi connectivity index (χ2n) is 1.36. The van der Waals surface area contributed by atoms with Crippen LogP contribution in [0.25, 0.3) is 0 Å². The van der Waals surface area contributed by atoms with Gasteiger partial charge in [-0.1, -0.05) is 12.1 Å². The average Bonchev–Trinajstić information content (AvgIpc) is 1.65. The van der Waals surface area contributed by atoms with Crippen LogP contribution >= 0.6 is 0 Å². The maximum absolute atomic E-state index is 9.49. The lowest BCUT2D eigenvalue weighted by Gasteiger charge is -1.88. The minimum Gasteiger partial charge on any atom is -0.151 e. The van der Waals surface area contributed by atoms with Gasteiger partial charge < -0.3 is 0 Å². The highest BCUT2D eigenvalue weighted by Crippen LogP contribution is 1.90. The lowest BCUT2D eigenvalue weighted by molar-refractivity contribution is 0.711. The van der Waals surface area contributed by atoms with Crippen molar-refractivity contribution in [2.75, 3.05) is 0 Å². The molecule has 0 amide bonds. The van der Waals surface area contributed by atoms with Crippen LogP contribution in [0, 0.1) is 4.91 Å². The summed E-state index contributed by atoms with van der Waals surface area (Å²) in [7, 11) is 0. The van der Waals surface area contributed by atoms with Gasteiger partial charge >= 0.3 is 0 Å². The van der Waals surface area contributed by atoms with E-state index in [0.29, 0.717) is 0 Å². The first kappa shape index (κ1) is 5.60. The molecule has 0 spiro atoms. The van der Waals surface area contributed by atoms with Gasteiger partial charge in [0, 0.05) is 0 Å². The molecular formula is C4H9NO. The van der Waals surface area contributed by atoms with Crippen molar-refractivity contribution in [3.8, 4) is 0 Å². The van der Waals surface area contributed by atoms with E-state index in [1.54, 1.807) is 6.92 Å². The average molecular weight is 87.1 g/mol. The molecule has 0 aromatic heterocycles. The molecule has 2 nitrogen and oxygen atoms in total. The summed E-state index contributed by atoms with van der Waals surface area (Å²) in [5.41, 5.74) is 0. The Labute approximate surface area is 37.5 Å². The molecule has 0 N–H and O–H groups in total. The van der Waals surface area contributed by atoms with Crippen molar-refractivity contribution in [2.45, 2.75) is 26.3 Å². The molecular weight excluding hydrogens is 78.0 g/mol. The molecule has 0 heterocycles. The smallest absolute Gasteiger partial charge is 0.0889 e. The summed E-state index contributed by atoms with van der Waals surface area (Å²) in [6.45, 7) is 3.74. The zero-order chi connectivity index (χ0) is 4.99. The van der Waals surface area contributed by atoms with E-state index in [2.05, 4.69) is 5.18 Å². The predicted octanol–water partition coefficient (Wildman–Crippen LogP) is 1.55.